The van der Waals surface area contributed by atoms with Gasteiger partial charge in [0.25, 0.3) is 0 Å². The zero-order chi connectivity index (χ0) is 13.0. The minimum atomic E-state index is -0.912. The molecule has 0 bridgehead atoms. The predicted octanol–water partition coefficient (Wildman–Crippen LogP) is 1.83. The van der Waals surface area contributed by atoms with Crippen LogP contribution in [-0.2, 0) is 4.79 Å². The first kappa shape index (κ1) is 13.2. The van der Waals surface area contributed by atoms with Gasteiger partial charge >= 0.3 is 6.09 Å². The fourth-order valence-electron chi connectivity index (χ4n) is 2.93. The number of rotatable bonds is 2. The number of carbonyl (C=O) groups excluding carboxylic acids is 1. The summed E-state index contributed by atoms with van der Waals surface area (Å²) in [5.74, 6) is -0.107. The van der Waals surface area contributed by atoms with E-state index in [4.69, 9.17) is 5.11 Å². The van der Waals surface area contributed by atoms with E-state index in [1.165, 1.54) is 24.2 Å². The summed E-state index contributed by atoms with van der Waals surface area (Å²) in [5, 5.41) is 12.0. The summed E-state index contributed by atoms with van der Waals surface area (Å²) in [6, 6.07) is 0.312. The molecule has 0 radical (unpaired) electrons. The average molecular weight is 254 g/mol. The molecule has 5 heteroatoms. The molecule has 0 aromatic rings. The third kappa shape index (κ3) is 3.37. The second kappa shape index (κ2) is 6.07. The standard InChI is InChI=1S/C13H22N2O3/c16-12(14-11-6-2-1-3-7-11)10-5-4-8-15(9-10)13(17)18/h10-11H,1-9H2,(H,14,16)(H,17,18)/t10-/m1/s1. The first-order valence-corrected chi connectivity index (χ1v) is 6.95. The lowest BCUT2D eigenvalue weighted by molar-refractivity contribution is -0.127. The molecule has 2 N–H and O–H groups in total. The van der Waals surface area contributed by atoms with Gasteiger partial charge in [-0.05, 0) is 25.7 Å². The van der Waals surface area contributed by atoms with Gasteiger partial charge < -0.3 is 15.3 Å². The largest absolute Gasteiger partial charge is 0.465 e. The van der Waals surface area contributed by atoms with Crippen LogP contribution in [-0.4, -0.2) is 41.1 Å². The molecule has 1 heterocycles. The molecule has 1 atom stereocenters. The number of amides is 2. The summed E-state index contributed by atoms with van der Waals surface area (Å²) in [5.41, 5.74) is 0. The second-order valence-corrected chi connectivity index (χ2v) is 5.41. The van der Waals surface area contributed by atoms with Crippen molar-refractivity contribution >= 4 is 12.0 Å². The van der Waals surface area contributed by atoms with Crippen LogP contribution < -0.4 is 5.32 Å². The molecule has 2 fully saturated rings. The Balaban J connectivity index is 1.82. The number of nitrogens with zero attached hydrogens (tertiary/aromatic N) is 1. The zero-order valence-electron chi connectivity index (χ0n) is 10.7. The Morgan fingerprint density at radius 1 is 1.06 bits per heavy atom. The van der Waals surface area contributed by atoms with Gasteiger partial charge in [-0.1, -0.05) is 19.3 Å². The summed E-state index contributed by atoms with van der Waals surface area (Å²) in [6.45, 7) is 0.913. The summed E-state index contributed by atoms with van der Waals surface area (Å²) in [6.07, 6.45) is 6.47. The molecule has 1 aliphatic heterocycles. The highest BCUT2D eigenvalue weighted by Crippen LogP contribution is 2.20. The average Bonchev–Trinajstić information content (AvgIpc) is 2.40. The number of nitrogens with one attached hydrogen (secondary N) is 1. The minimum absolute atomic E-state index is 0.0489. The van der Waals surface area contributed by atoms with Crippen molar-refractivity contribution in [2.24, 2.45) is 5.92 Å². The van der Waals surface area contributed by atoms with Crippen molar-refractivity contribution in [1.29, 1.82) is 0 Å². The van der Waals surface area contributed by atoms with E-state index in [0.717, 1.165) is 25.7 Å². The van der Waals surface area contributed by atoms with E-state index in [0.29, 0.717) is 19.1 Å². The molecular weight excluding hydrogens is 232 g/mol. The van der Waals surface area contributed by atoms with Crippen LogP contribution in [0.25, 0.3) is 0 Å². The first-order chi connectivity index (χ1) is 8.66. The number of hydrogen-bond donors (Lipinski definition) is 2. The van der Waals surface area contributed by atoms with E-state index in [1.54, 1.807) is 0 Å². The molecule has 0 spiro atoms. The molecule has 102 valence electrons. The molecule has 0 aromatic heterocycles. The van der Waals surface area contributed by atoms with Gasteiger partial charge in [-0.2, -0.15) is 0 Å². The third-order valence-electron chi connectivity index (χ3n) is 4.01. The molecule has 1 aliphatic carbocycles. The Labute approximate surface area is 108 Å². The second-order valence-electron chi connectivity index (χ2n) is 5.41. The van der Waals surface area contributed by atoms with Crippen LogP contribution >= 0.6 is 0 Å². The quantitative estimate of drug-likeness (QED) is 0.789. The molecule has 0 aromatic carbocycles. The topological polar surface area (TPSA) is 69.6 Å². The highest BCUT2D eigenvalue weighted by Gasteiger charge is 2.29. The van der Waals surface area contributed by atoms with Crippen LogP contribution in [0.5, 0.6) is 0 Å². The van der Waals surface area contributed by atoms with Crippen molar-refractivity contribution in [3.8, 4) is 0 Å². The maximum Gasteiger partial charge on any atom is 0.407 e. The van der Waals surface area contributed by atoms with Crippen LogP contribution in [0.4, 0.5) is 4.79 Å². The Kier molecular flexibility index (Phi) is 4.44. The van der Waals surface area contributed by atoms with E-state index < -0.39 is 6.09 Å². The Hall–Kier alpha value is -1.26. The fourth-order valence-corrected chi connectivity index (χ4v) is 2.93. The monoisotopic (exact) mass is 254 g/mol. The fraction of sp³-hybridized carbons (Fsp3) is 0.846. The third-order valence-corrected chi connectivity index (χ3v) is 4.01. The van der Waals surface area contributed by atoms with Gasteiger partial charge in [-0.3, -0.25) is 4.79 Å². The number of piperidine rings is 1. The van der Waals surface area contributed by atoms with Crippen LogP contribution in [0.2, 0.25) is 0 Å². The summed E-state index contributed by atoms with van der Waals surface area (Å²) in [7, 11) is 0. The molecule has 2 rings (SSSR count). The minimum Gasteiger partial charge on any atom is -0.465 e. The smallest absolute Gasteiger partial charge is 0.407 e. The van der Waals surface area contributed by atoms with Gasteiger partial charge in [0, 0.05) is 19.1 Å². The number of carboxylic acid groups (broad SMARTS) is 1. The van der Waals surface area contributed by atoms with E-state index >= 15 is 0 Å². The maximum absolute atomic E-state index is 12.1. The normalized spacial score (nSPS) is 25.8. The SMILES string of the molecule is O=C(NC1CCCCC1)[C@@H]1CCCN(C(=O)O)C1. The molecule has 2 amide bonds. The first-order valence-electron chi connectivity index (χ1n) is 6.95. The molecule has 2 aliphatic rings. The molecule has 0 unspecified atom stereocenters. The van der Waals surface area contributed by atoms with Crippen molar-refractivity contribution < 1.29 is 14.7 Å². The van der Waals surface area contributed by atoms with Crippen LogP contribution in [0.1, 0.15) is 44.9 Å². The number of carbonyl (C=O) groups is 2. The van der Waals surface area contributed by atoms with Crippen molar-refractivity contribution in [1.82, 2.24) is 10.2 Å². The van der Waals surface area contributed by atoms with E-state index in [-0.39, 0.29) is 11.8 Å². The number of hydrogen-bond acceptors (Lipinski definition) is 2. The zero-order valence-corrected chi connectivity index (χ0v) is 10.7. The Morgan fingerprint density at radius 2 is 1.78 bits per heavy atom. The van der Waals surface area contributed by atoms with Gasteiger partial charge in [-0.25, -0.2) is 4.79 Å². The summed E-state index contributed by atoms with van der Waals surface area (Å²) < 4.78 is 0. The lowest BCUT2D eigenvalue weighted by Gasteiger charge is -2.31. The van der Waals surface area contributed by atoms with Gasteiger partial charge in [0.2, 0.25) is 5.91 Å². The van der Waals surface area contributed by atoms with E-state index in [1.807, 2.05) is 0 Å². The highest BCUT2D eigenvalue weighted by atomic mass is 16.4. The summed E-state index contributed by atoms with van der Waals surface area (Å²) >= 11 is 0. The lowest BCUT2D eigenvalue weighted by Crippen LogP contribution is -2.47. The van der Waals surface area contributed by atoms with Crippen LogP contribution in [0.3, 0.4) is 0 Å². The van der Waals surface area contributed by atoms with Crippen molar-refractivity contribution in [3.05, 3.63) is 0 Å². The molecular formula is C13H22N2O3. The Morgan fingerprint density at radius 3 is 2.44 bits per heavy atom. The van der Waals surface area contributed by atoms with Crippen LogP contribution in [0, 0.1) is 5.92 Å². The van der Waals surface area contributed by atoms with Crippen molar-refractivity contribution in [2.75, 3.05) is 13.1 Å². The van der Waals surface area contributed by atoms with E-state index in [9.17, 15) is 9.59 Å². The van der Waals surface area contributed by atoms with Crippen molar-refractivity contribution in [2.45, 2.75) is 51.0 Å². The highest BCUT2D eigenvalue weighted by molar-refractivity contribution is 5.80. The molecule has 1 saturated carbocycles. The predicted molar refractivity (Wildman–Crippen MR) is 67.3 cm³/mol. The maximum atomic E-state index is 12.1. The van der Waals surface area contributed by atoms with E-state index in [2.05, 4.69) is 5.32 Å². The summed E-state index contributed by atoms with van der Waals surface area (Å²) in [4.78, 5) is 24.4. The number of likely N-dealkylation sites (tertiary alicyclic amines) is 1. The van der Waals surface area contributed by atoms with Crippen molar-refractivity contribution in [3.63, 3.8) is 0 Å². The van der Waals surface area contributed by atoms with Gasteiger partial charge in [0.1, 0.15) is 0 Å². The molecule has 1 saturated heterocycles. The molecule has 18 heavy (non-hydrogen) atoms. The van der Waals surface area contributed by atoms with Gasteiger partial charge in [0.05, 0.1) is 5.92 Å². The molecule has 5 nitrogen and oxygen atoms in total. The van der Waals surface area contributed by atoms with Crippen LogP contribution in [0.15, 0.2) is 0 Å². The Bertz CT molecular complexity index is 313. The lowest BCUT2D eigenvalue weighted by atomic mass is 9.93. The van der Waals surface area contributed by atoms with Gasteiger partial charge in [0.15, 0.2) is 0 Å². The van der Waals surface area contributed by atoms with Gasteiger partial charge in [-0.15, -0.1) is 0 Å².